The van der Waals surface area contributed by atoms with Crippen molar-refractivity contribution < 1.29 is 14.3 Å². The standard InChI is InChI=1S/C17H18N2O3S/c1-22-14-5-3-2-4-13(14)17(21)18-10-16(20)19-8-6-15-12(11-19)7-9-23-15/h2-5,7,9H,6,8,10-11H2,1H3,(H,18,21). The van der Waals surface area contributed by atoms with Crippen LogP contribution < -0.4 is 10.1 Å². The topological polar surface area (TPSA) is 58.6 Å². The molecule has 5 nitrogen and oxygen atoms in total. The predicted molar refractivity (Wildman–Crippen MR) is 88.8 cm³/mol. The van der Waals surface area contributed by atoms with Crippen LogP contribution in [0.2, 0.25) is 0 Å². The van der Waals surface area contributed by atoms with Crippen LogP contribution in [0.3, 0.4) is 0 Å². The van der Waals surface area contributed by atoms with Crippen LogP contribution in [-0.4, -0.2) is 36.9 Å². The lowest BCUT2D eigenvalue weighted by molar-refractivity contribution is -0.131. The zero-order valence-corrected chi connectivity index (χ0v) is 13.7. The van der Waals surface area contributed by atoms with E-state index >= 15 is 0 Å². The SMILES string of the molecule is COc1ccccc1C(=O)NCC(=O)N1CCc2sccc2C1. The zero-order valence-electron chi connectivity index (χ0n) is 12.9. The highest BCUT2D eigenvalue weighted by atomic mass is 32.1. The first-order valence-corrected chi connectivity index (χ1v) is 8.31. The fourth-order valence-electron chi connectivity index (χ4n) is 2.66. The third-order valence-electron chi connectivity index (χ3n) is 3.91. The molecule has 1 aliphatic rings. The van der Waals surface area contributed by atoms with E-state index in [-0.39, 0.29) is 18.4 Å². The van der Waals surface area contributed by atoms with Gasteiger partial charge in [-0.3, -0.25) is 9.59 Å². The number of carbonyl (C=O) groups excluding carboxylic acids is 2. The summed E-state index contributed by atoms with van der Waals surface area (Å²) in [5.74, 6) is 0.132. The van der Waals surface area contributed by atoms with Crippen molar-refractivity contribution in [3.8, 4) is 5.75 Å². The summed E-state index contributed by atoms with van der Waals surface area (Å²) < 4.78 is 5.16. The fraction of sp³-hybridized carbons (Fsp3) is 0.294. The van der Waals surface area contributed by atoms with Crippen molar-refractivity contribution in [3.63, 3.8) is 0 Å². The molecule has 1 aromatic carbocycles. The summed E-state index contributed by atoms with van der Waals surface area (Å²) in [5.41, 5.74) is 1.65. The normalized spacial score (nSPS) is 13.3. The van der Waals surface area contributed by atoms with Crippen LogP contribution in [0.1, 0.15) is 20.8 Å². The largest absolute Gasteiger partial charge is 0.496 e. The Morgan fingerprint density at radius 3 is 2.96 bits per heavy atom. The number of rotatable bonds is 4. The Kier molecular flexibility index (Phi) is 4.62. The number of nitrogens with zero attached hydrogens (tertiary/aromatic N) is 1. The smallest absolute Gasteiger partial charge is 0.255 e. The van der Waals surface area contributed by atoms with Crippen molar-refractivity contribution in [2.24, 2.45) is 0 Å². The number of para-hydroxylation sites is 1. The highest BCUT2D eigenvalue weighted by molar-refractivity contribution is 7.10. The molecule has 1 N–H and O–H groups in total. The molecular weight excluding hydrogens is 312 g/mol. The molecule has 1 aliphatic heterocycles. The lowest BCUT2D eigenvalue weighted by Gasteiger charge is -2.27. The second-order valence-corrected chi connectivity index (χ2v) is 6.32. The first-order chi connectivity index (χ1) is 11.2. The molecule has 6 heteroatoms. The van der Waals surface area contributed by atoms with Crippen molar-refractivity contribution in [2.45, 2.75) is 13.0 Å². The van der Waals surface area contributed by atoms with Crippen molar-refractivity contribution in [1.29, 1.82) is 0 Å². The number of nitrogens with one attached hydrogen (secondary N) is 1. The van der Waals surface area contributed by atoms with Gasteiger partial charge < -0.3 is 15.0 Å². The van der Waals surface area contributed by atoms with Crippen LogP contribution >= 0.6 is 11.3 Å². The van der Waals surface area contributed by atoms with Gasteiger partial charge >= 0.3 is 0 Å². The minimum atomic E-state index is -0.302. The number of fused-ring (bicyclic) bond motifs is 1. The van der Waals surface area contributed by atoms with Gasteiger partial charge in [0.15, 0.2) is 0 Å². The summed E-state index contributed by atoms with van der Waals surface area (Å²) in [6.07, 6.45) is 0.888. The van der Waals surface area contributed by atoms with Crippen LogP contribution in [0.25, 0.3) is 0 Å². The van der Waals surface area contributed by atoms with E-state index in [1.807, 2.05) is 0 Å². The van der Waals surface area contributed by atoms with Gasteiger partial charge in [-0.2, -0.15) is 0 Å². The van der Waals surface area contributed by atoms with Gasteiger partial charge in [0.2, 0.25) is 5.91 Å². The number of ether oxygens (including phenoxy) is 1. The van der Waals surface area contributed by atoms with Crippen molar-refractivity contribution in [2.75, 3.05) is 20.2 Å². The Morgan fingerprint density at radius 1 is 1.30 bits per heavy atom. The molecule has 23 heavy (non-hydrogen) atoms. The number of hydrogen-bond donors (Lipinski definition) is 1. The van der Waals surface area contributed by atoms with Crippen LogP contribution in [0.4, 0.5) is 0 Å². The molecule has 0 radical (unpaired) electrons. The Morgan fingerprint density at radius 2 is 2.13 bits per heavy atom. The van der Waals surface area contributed by atoms with Crippen molar-refractivity contribution >= 4 is 23.2 Å². The van der Waals surface area contributed by atoms with Gasteiger partial charge in [0.1, 0.15) is 5.75 Å². The summed E-state index contributed by atoms with van der Waals surface area (Å²) >= 11 is 1.74. The molecule has 0 fully saturated rings. The number of amides is 2. The van der Waals surface area contributed by atoms with Gasteiger partial charge in [0.05, 0.1) is 19.2 Å². The third-order valence-corrected chi connectivity index (χ3v) is 4.94. The molecule has 2 amide bonds. The third kappa shape index (κ3) is 3.37. The molecule has 0 saturated heterocycles. The maximum Gasteiger partial charge on any atom is 0.255 e. The van der Waals surface area contributed by atoms with Crippen LogP contribution in [0.15, 0.2) is 35.7 Å². The number of benzene rings is 1. The second kappa shape index (κ2) is 6.83. The van der Waals surface area contributed by atoms with E-state index in [9.17, 15) is 9.59 Å². The highest BCUT2D eigenvalue weighted by Crippen LogP contribution is 2.24. The molecule has 1 aromatic heterocycles. The Balaban J connectivity index is 1.58. The first kappa shape index (κ1) is 15.6. The van der Waals surface area contributed by atoms with E-state index in [1.54, 1.807) is 40.5 Å². The molecule has 0 atom stereocenters. The van der Waals surface area contributed by atoms with Gasteiger partial charge in [-0.05, 0) is 35.6 Å². The van der Waals surface area contributed by atoms with E-state index in [1.165, 1.54) is 17.6 Å². The number of thiophene rings is 1. The molecule has 0 bridgehead atoms. The molecule has 120 valence electrons. The molecule has 0 aliphatic carbocycles. The summed E-state index contributed by atoms with van der Waals surface area (Å²) in [6.45, 7) is 1.33. The van der Waals surface area contributed by atoms with E-state index in [0.29, 0.717) is 24.4 Å². The van der Waals surface area contributed by atoms with E-state index in [0.717, 1.165) is 6.42 Å². The lowest BCUT2D eigenvalue weighted by atomic mass is 10.1. The molecule has 0 unspecified atom stereocenters. The van der Waals surface area contributed by atoms with Gasteiger partial charge in [-0.25, -0.2) is 0 Å². The molecule has 2 heterocycles. The number of hydrogen-bond acceptors (Lipinski definition) is 4. The Hall–Kier alpha value is -2.34. The fourth-order valence-corrected chi connectivity index (χ4v) is 3.55. The highest BCUT2D eigenvalue weighted by Gasteiger charge is 2.22. The average Bonchev–Trinajstić information content (AvgIpc) is 3.06. The maximum absolute atomic E-state index is 12.3. The van der Waals surface area contributed by atoms with Gasteiger partial charge in [-0.1, -0.05) is 12.1 Å². The molecule has 0 saturated carbocycles. The average molecular weight is 330 g/mol. The summed E-state index contributed by atoms with van der Waals surface area (Å²) in [6, 6.07) is 9.03. The number of methoxy groups -OCH3 is 1. The molecule has 3 rings (SSSR count). The van der Waals surface area contributed by atoms with Gasteiger partial charge in [0, 0.05) is 18.0 Å². The van der Waals surface area contributed by atoms with E-state index in [2.05, 4.69) is 16.8 Å². The van der Waals surface area contributed by atoms with E-state index < -0.39 is 0 Å². The van der Waals surface area contributed by atoms with E-state index in [4.69, 9.17) is 4.74 Å². The summed E-state index contributed by atoms with van der Waals surface area (Å²) in [5, 5.41) is 4.74. The molecular formula is C17H18N2O3S. The Bertz CT molecular complexity index is 726. The maximum atomic E-state index is 12.3. The zero-order chi connectivity index (χ0) is 16.2. The minimum Gasteiger partial charge on any atom is -0.496 e. The van der Waals surface area contributed by atoms with Crippen molar-refractivity contribution in [1.82, 2.24) is 10.2 Å². The van der Waals surface area contributed by atoms with Gasteiger partial charge in [-0.15, -0.1) is 11.3 Å². The summed E-state index contributed by atoms with van der Waals surface area (Å²) in [7, 11) is 1.52. The quantitative estimate of drug-likeness (QED) is 0.934. The van der Waals surface area contributed by atoms with Crippen LogP contribution in [-0.2, 0) is 17.8 Å². The molecule has 2 aromatic rings. The second-order valence-electron chi connectivity index (χ2n) is 5.32. The van der Waals surface area contributed by atoms with Crippen LogP contribution in [0, 0.1) is 0 Å². The van der Waals surface area contributed by atoms with Crippen LogP contribution in [0.5, 0.6) is 5.75 Å². The minimum absolute atomic E-state index is 0.00362. The monoisotopic (exact) mass is 330 g/mol. The first-order valence-electron chi connectivity index (χ1n) is 7.43. The summed E-state index contributed by atoms with van der Waals surface area (Å²) in [4.78, 5) is 27.7. The number of carbonyl (C=O) groups is 2. The predicted octanol–water partition coefficient (Wildman–Crippen LogP) is 2.07. The molecule has 0 spiro atoms. The van der Waals surface area contributed by atoms with Crippen molar-refractivity contribution in [3.05, 3.63) is 51.7 Å². The van der Waals surface area contributed by atoms with Gasteiger partial charge in [0.25, 0.3) is 5.91 Å². The Labute approximate surface area is 138 Å². The lowest BCUT2D eigenvalue weighted by Crippen LogP contribution is -2.42.